The van der Waals surface area contributed by atoms with Crippen molar-refractivity contribution in [3.05, 3.63) is 12.2 Å². The van der Waals surface area contributed by atoms with E-state index in [-0.39, 0.29) is 0 Å². The van der Waals surface area contributed by atoms with Gasteiger partial charge in [0.15, 0.2) is 0 Å². The monoisotopic (exact) mass is 170 g/mol. The molecule has 12 heavy (non-hydrogen) atoms. The molecule has 0 rings (SSSR count). The van der Waals surface area contributed by atoms with E-state index in [0.717, 1.165) is 6.61 Å². The molecule has 0 aromatic carbocycles. The number of rotatable bonds is 8. The van der Waals surface area contributed by atoms with E-state index in [1.807, 2.05) is 0 Å². The van der Waals surface area contributed by atoms with Crippen LogP contribution in [0.5, 0.6) is 0 Å². The molecule has 0 aromatic heterocycles. The Bertz CT molecular complexity index is 97.2. The van der Waals surface area contributed by atoms with Crippen molar-refractivity contribution in [1.82, 2.24) is 0 Å². The van der Waals surface area contributed by atoms with Gasteiger partial charge in [-0.25, -0.2) is 0 Å². The van der Waals surface area contributed by atoms with Crippen LogP contribution in [-0.2, 0) is 4.74 Å². The van der Waals surface area contributed by atoms with Gasteiger partial charge in [0, 0.05) is 7.11 Å². The second-order valence-corrected chi connectivity index (χ2v) is 3.13. The van der Waals surface area contributed by atoms with Gasteiger partial charge in [0.1, 0.15) is 0 Å². The molecule has 0 aliphatic heterocycles. The summed E-state index contributed by atoms with van der Waals surface area (Å²) in [5.74, 6) is 0. The van der Waals surface area contributed by atoms with Crippen LogP contribution in [0.2, 0.25) is 0 Å². The number of allylic oxidation sites excluding steroid dienone is 1. The lowest BCUT2D eigenvalue weighted by molar-refractivity contribution is 0.233. The molecule has 0 saturated heterocycles. The van der Waals surface area contributed by atoms with Crippen molar-refractivity contribution >= 4 is 0 Å². The van der Waals surface area contributed by atoms with E-state index >= 15 is 0 Å². The topological polar surface area (TPSA) is 9.23 Å². The highest BCUT2D eigenvalue weighted by molar-refractivity contribution is 4.80. The Hall–Kier alpha value is -0.300. The van der Waals surface area contributed by atoms with Crippen LogP contribution < -0.4 is 0 Å². The standard InChI is InChI=1S/C11H22O/c1-3-4-5-6-7-8-9-10-11-12-2/h9-10H,3-8,11H2,1-2H3. The maximum atomic E-state index is 4.90. The van der Waals surface area contributed by atoms with Crippen LogP contribution in [0.1, 0.15) is 45.4 Å². The van der Waals surface area contributed by atoms with Gasteiger partial charge < -0.3 is 4.74 Å². The van der Waals surface area contributed by atoms with E-state index < -0.39 is 0 Å². The molecule has 0 aliphatic rings. The highest BCUT2D eigenvalue weighted by atomic mass is 16.5. The molecular weight excluding hydrogens is 148 g/mol. The molecule has 0 unspecified atom stereocenters. The summed E-state index contributed by atoms with van der Waals surface area (Å²) in [4.78, 5) is 0. The molecule has 0 radical (unpaired) electrons. The summed E-state index contributed by atoms with van der Waals surface area (Å²) in [6.45, 7) is 3.01. The molecule has 0 spiro atoms. The average Bonchev–Trinajstić information content (AvgIpc) is 2.10. The zero-order valence-electron chi connectivity index (χ0n) is 8.51. The van der Waals surface area contributed by atoms with E-state index in [2.05, 4.69) is 19.1 Å². The van der Waals surface area contributed by atoms with Gasteiger partial charge in [-0.3, -0.25) is 0 Å². The maximum absolute atomic E-state index is 4.90. The molecule has 1 heteroatoms. The Morgan fingerprint density at radius 3 is 2.42 bits per heavy atom. The van der Waals surface area contributed by atoms with Crippen molar-refractivity contribution in [2.75, 3.05) is 13.7 Å². The summed E-state index contributed by atoms with van der Waals surface area (Å²) in [7, 11) is 1.73. The first-order valence-corrected chi connectivity index (χ1v) is 5.05. The minimum absolute atomic E-state index is 0.759. The van der Waals surface area contributed by atoms with E-state index in [4.69, 9.17) is 4.74 Å². The van der Waals surface area contributed by atoms with Crippen LogP contribution in [0.4, 0.5) is 0 Å². The van der Waals surface area contributed by atoms with Gasteiger partial charge in [-0.05, 0) is 12.8 Å². The number of methoxy groups -OCH3 is 1. The fourth-order valence-electron chi connectivity index (χ4n) is 1.15. The van der Waals surface area contributed by atoms with Gasteiger partial charge in [-0.2, -0.15) is 0 Å². The first-order chi connectivity index (χ1) is 5.91. The Labute approximate surface area is 76.8 Å². The summed E-state index contributed by atoms with van der Waals surface area (Å²) in [5.41, 5.74) is 0. The quantitative estimate of drug-likeness (QED) is 0.400. The second-order valence-electron chi connectivity index (χ2n) is 3.13. The maximum Gasteiger partial charge on any atom is 0.0643 e. The van der Waals surface area contributed by atoms with E-state index in [1.165, 1.54) is 38.5 Å². The van der Waals surface area contributed by atoms with Crippen molar-refractivity contribution in [2.24, 2.45) is 0 Å². The Kier molecular flexibility index (Phi) is 10.4. The summed E-state index contributed by atoms with van der Waals surface area (Å²) in [5, 5.41) is 0. The van der Waals surface area contributed by atoms with E-state index in [9.17, 15) is 0 Å². The Balaban J connectivity index is 2.90. The summed E-state index contributed by atoms with van der Waals surface area (Å²) in [6.07, 6.45) is 12.4. The minimum Gasteiger partial charge on any atom is -0.381 e. The highest BCUT2D eigenvalue weighted by Crippen LogP contribution is 2.04. The Morgan fingerprint density at radius 2 is 1.75 bits per heavy atom. The molecule has 0 heterocycles. The highest BCUT2D eigenvalue weighted by Gasteiger charge is 1.85. The van der Waals surface area contributed by atoms with Gasteiger partial charge in [0.05, 0.1) is 6.61 Å². The largest absolute Gasteiger partial charge is 0.381 e. The Morgan fingerprint density at radius 1 is 1.00 bits per heavy atom. The van der Waals surface area contributed by atoms with Gasteiger partial charge in [-0.15, -0.1) is 0 Å². The second kappa shape index (κ2) is 10.7. The normalized spacial score (nSPS) is 11.2. The molecule has 0 bridgehead atoms. The lowest BCUT2D eigenvalue weighted by Gasteiger charge is -1.95. The lowest BCUT2D eigenvalue weighted by Crippen LogP contribution is -1.80. The summed E-state index contributed by atoms with van der Waals surface area (Å²) in [6, 6.07) is 0. The molecule has 0 amide bonds. The third-order valence-corrected chi connectivity index (χ3v) is 1.90. The predicted molar refractivity (Wildman–Crippen MR) is 54.4 cm³/mol. The van der Waals surface area contributed by atoms with Crippen LogP contribution in [0.25, 0.3) is 0 Å². The van der Waals surface area contributed by atoms with Crippen molar-refractivity contribution in [3.63, 3.8) is 0 Å². The smallest absolute Gasteiger partial charge is 0.0643 e. The molecular formula is C11H22O. The van der Waals surface area contributed by atoms with Crippen LogP contribution >= 0.6 is 0 Å². The molecule has 0 saturated carbocycles. The SMILES string of the molecule is CCCCCCCC=CCOC. The zero-order chi connectivity index (χ0) is 9.07. The van der Waals surface area contributed by atoms with Gasteiger partial charge in [0.2, 0.25) is 0 Å². The molecule has 1 nitrogen and oxygen atoms in total. The van der Waals surface area contributed by atoms with Crippen molar-refractivity contribution in [3.8, 4) is 0 Å². The van der Waals surface area contributed by atoms with Gasteiger partial charge in [0.25, 0.3) is 0 Å². The van der Waals surface area contributed by atoms with Crippen LogP contribution in [0, 0.1) is 0 Å². The van der Waals surface area contributed by atoms with Crippen LogP contribution in [0.3, 0.4) is 0 Å². The number of hydrogen-bond donors (Lipinski definition) is 0. The molecule has 0 aliphatic carbocycles. The van der Waals surface area contributed by atoms with Crippen molar-refractivity contribution < 1.29 is 4.74 Å². The fourth-order valence-corrected chi connectivity index (χ4v) is 1.15. The van der Waals surface area contributed by atoms with E-state index in [0.29, 0.717) is 0 Å². The average molecular weight is 170 g/mol. The molecule has 0 fully saturated rings. The van der Waals surface area contributed by atoms with E-state index in [1.54, 1.807) is 7.11 Å². The van der Waals surface area contributed by atoms with Crippen molar-refractivity contribution in [2.45, 2.75) is 45.4 Å². The number of ether oxygens (including phenoxy) is 1. The molecule has 0 atom stereocenters. The third kappa shape index (κ3) is 9.70. The first kappa shape index (κ1) is 11.7. The minimum atomic E-state index is 0.759. The number of hydrogen-bond acceptors (Lipinski definition) is 1. The van der Waals surface area contributed by atoms with Gasteiger partial charge in [-0.1, -0.05) is 44.8 Å². The molecule has 0 N–H and O–H groups in total. The summed E-state index contributed by atoms with van der Waals surface area (Å²) >= 11 is 0. The van der Waals surface area contributed by atoms with Crippen LogP contribution in [-0.4, -0.2) is 13.7 Å². The molecule has 72 valence electrons. The fraction of sp³-hybridized carbons (Fsp3) is 0.818. The first-order valence-electron chi connectivity index (χ1n) is 5.05. The van der Waals surface area contributed by atoms with Crippen molar-refractivity contribution in [1.29, 1.82) is 0 Å². The van der Waals surface area contributed by atoms with Gasteiger partial charge >= 0.3 is 0 Å². The summed E-state index contributed by atoms with van der Waals surface area (Å²) < 4.78 is 4.90. The zero-order valence-corrected chi connectivity index (χ0v) is 8.51. The van der Waals surface area contributed by atoms with Crippen LogP contribution in [0.15, 0.2) is 12.2 Å². The lowest BCUT2D eigenvalue weighted by atomic mass is 10.1. The third-order valence-electron chi connectivity index (χ3n) is 1.90. The number of unbranched alkanes of at least 4 members (excludes halogenated alkanes) is 5. The molecule has 0 aromatic rings. The predicted octanol–water partition coefficient (Wildman–Crippen LogP) is 3.55.